The van der Waals surface area contributed by atoms with Gasteiger partial charge in [-0.1, -0.05) is 30.3 Å². The number of carbonyl (C=O) groups is 1. The fourth-order valence-corrected chi connectivity index (χ4v) is 1.56. The number of aliphatic carboxylic acids is 1. The SMILES string of the molecule is C[C@H](NCc1nnnn1Cc1ccccc1)C(=O)O. The second kappa shape index (κ2) is 6.05. The van der Waals surface area contributed by atoms with Gasteiger partial charge in [-0.25, -0.2) is 4.68 Å². The lowest BCUT2D eigenvalue weighted by Crippen LogP contribution is -2.34. The van der Waals surface area contributed by atoms with Crippen LogP contribution in [0.5, 0.6) is 0 Å². The number of carboxylic acid groups (broad SMARTS) is 1. The summed E-state index contributed by atoms with van der Waals surface area (Å²) in [7, 11) is 0. The summed E-state index contributed by atoms with van der Waals surface area (Å²) in [4.78, 5) is 10.7. The average molecular weight is 261 g/mol. The third kappa shape index (κ3) is 3.59. The minimum Gasteiger partial charge on any atom is -0.480 e. The van der Waals surface area contributed by atoms with Crippen molar-refractivity contribution in [3.05, 3.63) is 41.7 Å². The van der Waals surface area contributed by atoms with Gasteiger partial charge in [0, 0.05) is 0 Å². The largest absolute Gasteiger partial charge is 0.480 e. The molecule has 0 aliphatic heterocycles. The van der Waals surface area contributed by atoms with Crippen LogP contribution in [0.2, 0.25) is 0 Å². The Morgan fingerprint density at radius 3 is 2.84 bits per heavy atom. The Balaban J connectivity index is 2.00. The third-order valence-corrected chi connectivity index (χ3v) is 2.72. The Kier molecular flexibility index (Phi) is 4.19. The van der Waals surface area contributed by atoms with Gasteiger partial charge in [0.15, 0.2) is 5.82 Å². The molecule has 0 radical (unpaired) electrons. The molecule has 1 atom stereocenters. The second-order valence-corrected chi connectivity index (χ2v) is 4.18. The van der Waals surface area contributed by atoms with Crippen LogP contribution in [0.25, 0.3) is 0 Å². The van der Waals surface area contributed by atoms with E-state index in [-0.39, 0.29) is 0 Å². The van der Waals surface area contributed by atoms with Crippen molar-refractivity contribution >= 4 is 5.97 Å². The normalized spacial score (nSPS) is 12.3. The summed E-state index contributed by atoms with van der Waals surface area (Å²) >= 11 is 0. The molecule has 7 nitrogen and oxygen atoms in total. The number of nitrogens with one attached hydrogen (secondary N) is 1. The van der Waals surface area contributed by atoms with Gasteiger partial charge in [-0.2, -0.15) is 0 Å². The van der Waals surface area contributed by atoms with Crippen molar-refractivity contribution in [3.8, 4) is 0 Å². The molecule has 0 aliphatic carbocycles. The summed E-state index contributed by atoms with van der Waals surface area (Å²) in [5.74, 6) is -0.293. The van der Waals surface area contributed by atoms with E-state index in [0.717, 1.165) is 5.56 Å². The summed E-state index contributed by atoms with van der Waals surface area (Å²) in [5, 5.41) is 23.1. The molecule has 0 spiro atoms. The van der Waals surface area contributed by atoms with Gasteiger partial charge in [0.05, 0.1) is 13.1 Å². The summed E-state index contributed by atoms with van der Waals surface area (Å²) in [6.45, 7) is 2.45. The monoisotopic (exact) mass is 261 g/mol. The Hall–Kier alpha value is -2.28. The van der Waals surface area contributed by atoms with Gasteiger partial charge < -0.3 is 5.11 Å². The van der Waals surface area contributed by atoms with Crippen molar-refractivity contribution in [1.82, 2.24) is 25.5 Å². The maximum absolute atomic E-state index is 10.7. The van der Waals surface area contributed by atoms with Crippen molar-refractivity contribution in [1.29, 1.82) is 0 Å². The quantitative estimate of drug-likeness (QED) is 0.776. The van der Waals surface area contributed by atoms with E-state index in [1.807, 2.05) is 30.3 Å². The zero-order valence-electron chi connectivity index (χ0n) is 10.5. The fourth-order valence-electron chi connectivity index (χ4n) is 1.56. The lowest BCUT2D eigenvalue weighted by molar-refractivity contribution is -0.139. The Morgan fingerprint density at radius 2 is 2.16 bits per heavy atom. The van der Waals surface area contributed by atoms with Gasteiger partial charge in [0.25, 0.3) is 0 Å². The minimum absolute atomic E-state index is 0.313. The van der Waals surface area contributed by atoms with Crippen molar-refractivity contribution in [2.24, 2.45) is 0 Å². The number of aromatic nitrogens is 4. The zero-order valence-corrected chi connectivity index (χ0v) is 10.5. The molecule has 2 aromatic rings. The number of tetrazole rings is 1. The van der Waals surface area contributed by atoms with E-state index in [0.29, 0.717) is 18.9 Å². The lowest BCUT2D eigenvalue weighted by atomic mass is 10.2. The van der Waals surface area contributed by atoms with E-state index in [9.17, 15) is 4.79 Å². The van der Waals surface area contributed by atoms with E-state index < -0.39 is 12.0 Å². The van der Waals surface area contributed by atoms with Crippen LogP contribution in [0.4, 0.5) is 0 Å². The molecule has 0 amide bonds. The molecule has 1 aromatic carbocycles. The third-order valence-electron chi connectivity index (χ3n) is 2.72. The molecule has 0 aliphatic rings. The number of carboxylic acids is 1. The first-order valence-corrected chi connectivity index (χ1v) is 5.92. The van der Waals surface area contributed by atoms with Gasteiger partial charge in [-0.15, -0.1) is 5.10 Å². The van der Waals surface area contributed by atoms with Crippen LogP contribution in [-0.4, -0.2) is 37.3 Å². The number of hydrogen-bond acceptors (Lipinski definition) is 5. The van der Waals surface area contributed by atoms with Crippen LogP contribution in [0.15, 0.2) is 30.3 Å². The van der Waals surface area contributed by atoms with E-state index in [2.05, 4.69) is 20.8 Å². The standard InChI is InChI=1S/C12H15N5O2/c1-9(12(18)19)13-7-11-14-15-16-17(11)8-10-5-3-2-4-6-10/h2-6,9,13H,7-8H2,1H3,(H,18,19)/t9-/m0/s1. The molecule has 1 aromatic heterocycles. The van der Waals surface area contributed by atoms with Crippen LogP contribution in [0.1, 0.15) is 18.3 Å². The zero-order chi connectivity index (χ0) is 13.7. The van der Waals surface area contributed by atoms with Crippen molar-refractivity contribution < 1.29 is 9.90 Å². The molecular weight excluding hydrogens is 246 g/mol. The molecule has 0 saturated carbocycles. The van der Waals surface area contributed by atoms with Gasteiger partial charge in [-0.05, 0) is 22.9 Å². The molecule has 0 saturated heterocycles. The summed E-state index contributed by atoms with van der Waals surface area (Å²) in [6.07, 6.45) is 0. The topological polar surface area (TPSA) is 92.9 Å². The molecule has 2 N–H and O–H groups in total. The summed E-state index contributed by atoms with van der Waals surface area (Å²) in [6, 6.07) is 9.17. The lowest BCUT2D eigenvalue weighted by Gasteiger charge is -2.09. The van der Waals surface area contributed by atoms with Crippen molar-refractivity contribution in [2.75, 3.05) is 0 Å². The van der Waals surface area contributed by atoms with E-state index in [4.69, 9.17) is 5.11 Å². The highest BCUT2D eigenvalue weighted by molar-refractivity contribution is 5.72. The Bertz CT molecular complexity index is 540. The minimum atomic E-state index is -0.901. The maximum atomic E-state index is 10.7. The van der Waals surface area contributed by atoms with Crippen LogP contribution in [-0.2, 0) is 17.9 Å². The van der Waals surface area contributed by atoms with E-state index >= 15 is 0 Å². The number of benzene rings is 1. The van der Waals surface area contributed by atoms with Crippen LogP contribution < -0.4 is 5.32 Å². The second-order valence-electron chi connectivity index (χ2n) is 4.18. The summed E-state index contributed by atoms with van der Waals surface area (Å²) in [5.41, 5.74) is 1.09. The summed E-state index contributed by atoms with van der Waals surface area (Å²) < 4.78 is 1.65. The molecule has 100 valence electrons. The van der Waals surface area contributed by atoms with Crippen molar-refractivity contribution in [3.63, 3.8) is 0 Å². The number of rotatable bonds is 6. The molecule has 1 heterocycles. The predicted octanol–water partition coefficient (Wildman–Crippen LogP) is 0.284. The molecule has 0 fully saturated rings. The molecule has 7 heteroatoms. The van der Waals surface area contributed by atoms with Gasteiger partial charge >= 0.3 is 5.97 Å². The molecular formula is C12H15N5O2. The highest BCUT2D eigenvalue weighted by Crippen LogP contribution is 2.02. The van der Waals surface area contributed by atoms with E-state index in [1.165, 1.54) is 0 Å². The molecule has 0 unspecified atom stereocenters. The number of nitrogens with zero attached hydrogens (tertiary/aromatic N) is 4. The van der Waals surface area contributed by atoms with Gasteiger partial charge in [0.1, 0.15) is 6.04 Å². The Labute approximate surface area is 110 Å². The van der Waals surface area contributed by atoms with Gasteiger partial charge in [0.2, 0.25) is 0 Å². The molecule has 19 heavy (non-hydrogen) atoms. The van der Waals surface area contributed by atoms with Crippen molar-refractivity contribution in [2.45, 2.75) is 26.1 Å². The van der Waals surface area contributed by atoms with Crippen LogP contribution in [0.3, 0.4) is 0 Å². The average Bonchev–Trinajstić information content (AvgIpc) is 2.84. The smallest absolute Gasteiger partial charge is 0.320 e. The fraction of sp³-hybridized carbons (Fsp3) is 0.333. The molecule has 2 rings (SSSR count). The van der Waals surface area contributed by atoms with Gasteiger partial charge in [-0.3, -0.25) is 10.1 Å². The first-order chi connectivity index (χ1) is 9.16. The highest BCUT2D eigenvalue weighted by Gasteiger charge is 2.12. The first-order valence-electron chi connectivity index (χ1n) is 5.92. The first kappa shape index (κ1) is 13.2. The van der Waals surface area contributed by atoms with Crippen LogP contribution >= 0.6 is 0 Å². The highest BCUT2D eigenvalue weighted by atomic mass is 16.4. The maximum Gasteiger partial charge on any atom is 0.320 e. The molecule has 0 bridgehead atoms. The predicted molar refractivity (Wildman–Crippen MR) is 67.3 cm³/mol. The number of hydrogen-bond donors (Lipinski definition) is 2. The Morgan fingerprint density at radius 1 is 1.42 bits per heavy atom. The van der Waals surface area contributed by atoms with Crippen LogP contribution in [0, 0.1) is 0 Å². The van der Waals surface area contributed by atoms with E-state index in [1.54, 1.807) is 11.6 Å².